The maximum absolute atomic E-state index is 13.5. The molecular weight excluding hydrogens is 241 g/mol. The second-order valence-electron chi connectivity index (χ2n) is 5.14. The Bertz CT molecular complexity index is 416. The van der Waals surface area contributed by atoms with Gasteiger partial charge in [-0.3, -0.25) is 4.90 Å². The molecule has 94 valence electrons. The summed E-state index contributed by atoms with van der Waals surface area (Å²) in [5.41, 5.74) is -0.0296. The lowest BCUT2D eigenvalue weighted by molar-refractivity contribution is -0.131. The molecule has 1 heterocycles. The van der Waals surface area contributed by atoms with Gasteiger partial charge in [0, 0.05) is 30.2 Å². The molecule has 1 aromatic carbocycles. The average Bonchev–Trinajstić information content (AvgIpc) is 2.20. The summed E-state index contributed by atoms with van der Waals surface area (Å²) >= 11 is 5.83. The molecular formula is C13H17ClFNO. The van der Waals surface area contributed by atoms with Crippen molar-refractivity contribution in [2.24, 2.45) is 5.92 Å². The van der Waals surface area contributed by atoms with E-state index in [4.69, 9.17) is 11.6 Å². The molecule has 0 unspecified atom stereocenters. The van der Waals surface area contributed by atoms with Crippen molar-refractivity contribution in [2.75, 3.05) is 13.1 Å². The monoisotopic (exact) mass is 257 g/mol. The van der Waals surface area contributed by atoms with Crippen LogP contribution in [0.4, 0.5) is 4.39 Å². The first kappa shape index (κ1) is 12.8. The third kappa shape index (κ3) is 2.62. The van der Waals surface area contributed by atoms with Gasteiger partial charge in [-0.15, -0.1) is 0 Å². The molecule has 1 aliphatic heterocycles. The highest BCUT2D eigenvalue weighted by atomic mass is 35.5. The molecule has 0 saturated carbocycles. The molecule has 1 aliphatic rings. The minimum absolute atomic E-state index is 0.225. The van der Waals surface area contributed by atoms with Gasteiger partial charge >= 0.3 is 0 Å². The number of rotatable bonds is 3. The standard InChI is InChI=1S/C13H17ClFNO/c1-9(2)13(17)7-16(8-13)6-10-5-11(14)3-4-12(10)15/h3-5,9,17H,6-8H2,1-2H3. The third-order valence-electron chi connectivity index (χ3n) is 3.47. The van der Waals surface area contributed by atoms with Crippen LogP contribution in [-0.2, 0) is 6.54 Å². The number of halogens is 2. The van der Waals surface area contributed by atoms with Crippen LogP contribution >= 0.6 is 11.6 Å². The number of nitrogens with zero attached hydrogens (tertiary/aromatic N) is 1. The van der Waals surface area contributed by atoms with E-state index in [-0.39, 0.29) is 11.7 Å². The molecule has 0 radical (unpaired) electrons. The lowest BCUT2D eigenvalue weighted by atomic mass is 9.83. The fraction of sp³-hybridized carbons (Fsp3) is 0.538. The van der Waals surface area contributed by atoms with E-state index < -0.39 is 5.60 Å². The Morgan fingerprint density at radius 2 is 2.12 bits per heavy atom. The van der Waals surface area contributed by atoms with Crippen molar-refractivity contribution < 1.29 is 9.50 Å². The average molecular weight is 258 g/mol. The molecule has 1 saturated heterocycles. The molecule has 17 heavy (non-hydrogen) atoms. The molecule has 1 N–H and O–H groups in total. The van der Waals surface area contributed by atoms with E-state index in [1.54, 1.807) is 12.1 Å². The molecule has 0 spiro atoms. The summed E-state index contributed by atoms with van der Waals surface area (Å²) in [5, 5.41) is 10.6. The number of aliphatic hydroxyl groups is 1. The van der Waals surface area contributed by atoms with Gasteiger partial charge in [0.25, 0.3) is 0 Å². The number of β-amino-alcohol motifs (C(OH)–C–C–N with tert-alkyl or cyclic N) is 1. The van der Waals surface area contributed by atoms with E-state index in [0.29, 0.717) is 30.2 Å². The summed E-state index contributed by atoms with van der Waals surface area (Å²) in [5.74, 6) is -0.0163. The first-order valence-corrected chi connectivity index (χ1v) is 6.17. The van der Waals surface area contributed by atoms with Crippen LogP contribution in [-0.4, -0.2) is 28.7 Å². The molecule has 4 heteroatoms. The van der Waals surface area contributed by atoms with E-state index >= 15 is 0 Å². The summed E-state index contributed by atoms with van der Waals surface area (Å²) in [6, 6.07) is 4.57. The maximum atomic E-state index is 13.5. The van der Waals surface area contributed by atoms with Crippen LogP contribution in [0.1, 0.15) is 19.4 Å². The molecule has 0 bridgehead atoms. The zero-order chi connectivity index (χ0) is 12.6. The quantitative estimate of drug-likeness (QED) is 0.900. The van der Waals surface area contributed by atoms with Crippen LogP contribution < -0.4 is 0 Å². The summed E-state index contributed by atoms with van der Waals surface area (Å²) in [6.45, 7) is 5.68. The number of benzene rings is 1. The van der Waals surface area contributed by atoms with Crippen molar-refractivity contribution >= 4 is 11.6 Å². The van der Waals surface area contributed by atoms with Gasteiger partial charge in [0.2, 0.25) is 0 Å². The van der Waals surface area contributed by atoms with Gasteiger partial charge in [-0.2, -0.15) is 0 Å². The van der Waals surface area contributed by atoms with Gasteiger partial charge in [0.05, 0.1) is 5.60 Å². The second-order valence-corrected chi connectivity index (χ2v) is 5.58. The maximum Gasteiger partial charge on any atom is 0.127 e. The first-order chi connectivity index (χ1) is 7.90. The van der Waals surface area contributed by atoms with E-state index in [2.05, 4.69) is 0 Å². The summed E-state index contributed by atoms with van der Waals surface area (Å²) in [4.78, 5) is 2.02. The van der Waals surface area contributed by atoms with E-state index in [1.807, 2.05) is 18.7 Å². The van der Waals surface area contributed by atoms with E-state index in [0.717, 1.165) is 0 Å². The smallest absolute Gasteiger partial charge is 0.127 e. The van der Waals surface area contributed by atoms with Crippen LogP contribution in [0.2, 0.25) is 5.02 Å². The highest BCUT2D eigenvalue weighted by Crippen LogP contribution is 2.30. The number of hydrogen-bond donors (Lipinski definition) is 1. The number of likely N-dealkylation sites (tertiary alicyclic amines) is 1. The molecule has 0 amide bonds. The SMILES string of the molecule is CC(C)C1(O)CN(Cc2cc(Cl)ccc2F)C1. The van der Waals surface area contributed by atoms with Gasteiger partial charge in [0.1, 0.15) is 5.82 Å². The first-order valence-electron chi connectivity index (χ1n) is 5.79. The Balaban J connectivity index is 1.98. The van der Waals surface area contributed by atoms with Crippen LogP contribution in [0.15, 0.2) is 18.2 Å². The van der Waals surface area contributed by atoms with E-state index in [1.165, 1.54) is 6.07 Å². The van der Waals surface area contributed by atoms with Crippen LogP contribution in [0.25, 0.3) is 0 Å². The molecule has 1 aromatic rings. The van der Waals surface area contributed by atoms with Gasteiger partial charge < -0.3 is 5.11 Å². The molecule has 1 fully saturated rings. The van der Waals surface area contributed by atoms with Crippen molar-refractivity contribution in [1.29, 1.82) is 0 Å². The van der Waals surface area contributed by atoms with Crippen molar-refractivity contribution in [3.8, 4) is 0 Å². The highest BCUT2D eigenvalue weighted by molar-refractivity contribution is 6.30. The van der Waals surface area contributed by atoms with Crippen molar-refractivity contribution in [3.05, 3.63) is 34.6 Å². The zero-order valence-corrected chi connectivity index (χ0v) is 10.8. The number of hydrogen-bond acceptors (Lipinski definition) is 2. The summed E-state index contributed by atoms with van der Waals surface area (Å²) in [6.07, 6.45) is 0. The Labute approximate surface area is 106 Å². The fourth-order valence-corrected chi connectivity index (χ4v) is 2.31. The zero-order valence-electron chi connectivity index (χ0n) is 10.1. The second kappa shape index (κ2) is 4.56. The molecule has 0 atom stereocenters. The predicted octanol–water partition coefficient (Wildman–Crippen LogP) is 2.68. The largest absolute Gasteiger partial charge is 0.387 e. The van der Waals surface area contributed by atoms with Gasteiger partial charge in [-0.1, -0.05) is 25.4 Å². The minimum atomic E-state index is -0.616. The molecule has 2 nitrogen and oxygen atoms in total. The summed E-state index contributed by atoms with van der Waals surface area (Å²) < 4.78 is 13.5. The van der Waals surface area contributed by atoms with E-state index in [9.17, 15) is 9.50 Å². The summed E-state index contributed by atoms with van der Waals surface area (Å²) in [7, 11) is 0. The topological polar surface area (TPSA) is 23.5 Å². The highest BCUT2D eigenvalue weighted by Gasteiger charge is 2.43. The Kier molecular flexibility index (Phi) is 3.43. The lowest BCUT2D eigenvalue weighted by Crippen LogP contribution is -2.63. The van der Waals surface area contributed by atoms with Crippen molar-refractivity contribution in [3.63, 3.8) is 0 Å². The van der Waals surface area contributed by atoms with Crippen molar-refractivity contribution in [1.82, 2.24) is 4.90 Å². The Morgan fingerprint density at radius 1 is 1.47 bits per heavy atom. The lowest BCUT2D eigenvalue weighted by Gasteiger charge is -2.49. The molecule has 0 aromatic heterocycles. The van der Waals surface area contributed by atoms with Crippen LogP contribution in [0, 0.1) is 11.7 Å². The molecule has 2 rings (SSSR count). The third-order valence-corrected chi connectivity index (χ3v) is 3.71. The Hall–Kier alpha value is -0.640. The van der Waals surface area contributed by atoms with Crippen LogP contribution in [0.5, 0.6) is 0 Å². The Morgan fingerprint density at radius 3 is 2.71 bits per heavy atom. The van der Waals surface area contributed by atoms with Gasteiger partial charge in [-0.25, -0.2) is 4.39 Å². The predicted molar refractivity (Wildman–Crippen MR) is 66.5 cm³/mol. The fourth-order valence-electron chi connectivity index (χ4n) is 2.11. The van der Waals surface area contributed by atoms with Gasteiger partial charge in [0.15, 0.2) is 0 Å². The molecule has 0 aliphatic carbocycles. The van der Waals surface area contributed by atoms with Gasteiger partial charge in [-0.05, 0) is 24.1 Å². The normalized spacial score (nSPS) is 19.4. The minimum Gasteiger partial charge on any atom is -0.387 e. The van der Waals surface area contributed by atoms with Crippen molar-refractivity contribution in [2.45, 2.75) is 26.0 Å². The van der Waals surface area contributed by atoms with Crippen LogP contribution in [0.3, 0.4) is 0 Å².